The Morgan fingerprint density at radius 3 is 2.97 bits per heavy atom. The van der Waals surface area contributed by atoms with E-state index in [2.05, 4.69) is 15.1 Å². The summed E-state index contributed by atoms with van der Waals surface area (Å²) in [4.78, 5) is 22.5. The number of hydrogen-bond acceptors (Lipinski definition) is 9. The molecule has 5 rings (SSSR count). The molecule has 10 heteroatoms. The number of likely N-dealkylation sites (tertiary alicyclic amines) is 1. The Balaban J connectivity index is 1.18. The maximum Gasteiger partial charge on any atom is 0.410 e. The number of furan rings is 1. The van der Waals surface area contributed by atoms with Crippen molar-refractivity contribution >= 4 is 17.1 Å². The SMILES string of the molecule is N#Cc1nccc2oc(-c3nc(CC4CCN(C(=O)O[C@H]5CCOC5)CC4)no3)cc12. The molecule has 0 aliphatic carbocycles. The van der Waals surface area contributed by atoms with Crippen molar-refractivity contribution in [3.8, 4) is 17.7 Å². The summed E-state index contributed by atoms with van der Waals surface area (Å²) in [6.07, 6.45) is 4.27. The molecule has 2 fully saturated rings. The highest BCUT2D eigenvalue weighted by molar-refractivity contribution is 5.85. The lowest BCUT2D eigenvalue weighted by Gasteiger charge is -2.31. The molecule has 0 spiro atoms. The van der Waals surface area contributed by atoms with Gasteiger partial charge in [0.25, 0.3) is 5.89 Å². The Labute approximate surface area is 177 Å². The molecule has 160 valence electrons. The maximum absolute atomic E-state index is 12.3. The van der Waals surface area contributed by atoms with Gasteiger partial charge in [0.05, 0.1) is 18.6 Å². The number of aromatic nitrogens is 3. The van der Waals surface area contributed by atoms with Gasteiger partial charge in [-0.05, 0) is 24.8 Å². The largest absolute Gasteiger partial charge is 0.451 e. The smallest absolute Gasteiger partial charge is 0.410 e. The van der Waals surface area contributed by atoms with Crippen LogP contribution in [0.15, 0.2) is 27.3 Å². The molecule has 0 saturated carbocycles. The fraction of sp³-hybridized carbons (Fsp3) is 0.476. The van der Waals surface area contributed by atoms with Crippen LogP contribution in [0.2, 0.25) is 0 Å². The normalized spacial score (nSPS) is 19.6. The molecular formula is C21H21N5O5. The van der Waals surface area contributed by atoms with E-state index in [4.69, 9.17) is 18.4 Å². The van der Waals surface area contributed by atoms with Crippen molar-refractivity contribution in [2.24, 2.45) is 5.92 Å². The number of pyridine rings is 1. The highest BCUT2D eigenvalue weighted by atomic mass is 16.6. The van der Waals surface area contributed by atoms with Crippen LogP contribution in [0.1, 0.15) is 30.8 Å². The zero-order valence-corrected chi connectivity index (χ0v) is 16.8. The van der Waals surface area contributed by atoms with Gasteiger partial charge >= 0.3 is 6.09 Å². The van der Waals surface area contributed by atoms with Crippen LogP contribution < -0.4 is 0 Å². The van der Waals surface area contributed by atoms with E-state index in [1.54, 1.807) is 17.0 Å². The third-order valence-corrected chi connectivity index (χ3v) is 5.73. The van der Waals surface area contributed by atoms with Gasteiger partial charge in [-0.2, -0.15) is 10.2 Å². The summed E-state index contributed by atoms with van der Waals surface area (Å²) < 4.78 is 21.8. The number of fused-ring (bicyclic) bond motifs is 1. The molecule has 0 radical (unpaired) electrons. The molecule has 31 heavy (non-hydrogen) atoms. The Kier molecular flexibility index (Phi) is 5.26. The summed E-state index contributed by atoms with van der Waals surface area (Å²) in [6, 6.07) is 5.43. The van der Waals surface area contributed by atoms with Crippen molar-refractivity contribution < 1.29 is 23.2 Å². The number of amides is 1. The minimum atomic E-state index is -0.257. The minimum Gasteiger partial charge on any atom is -0.451 e. The molecule has 2 aliphatic rings. The van der Waals surface area contributed by atoms with Crippen molar-refractivity contribution in [1.29, 1.82) is 5.26 Å². The summed E-state index contributed by atoms with van der Waals surface area (Å²) in [6.45, 7) is 2.43. The zero-order chi connectivity index (χ0) is 21.2. The molecule has 1 atom stereocenters. The zero-order valence-electron chi connectivity index (χ0n) is 16.8. The van der Waals surface area contributed by atoms with Crippen LogP contribution in [0.5, 0.6) is 0 Å². The lowest BCUT2D eigenvalue weighted by atomic mass is 9.93. The average Bonchev–Trinajstić information content (AvgIpc) is 3.54. The Bertz CT molecular complexity index is 1120. The summed E-state index contributed by atoms with van der Waals surface area (Å²) in [5.74, 6) is 1.63. The van der Waals surface area contributed by atoms with Gasteiger partial charge in [0, 0.05) is 38.2 Å². The molecule has 3 aromatic rings. The Hall–Kier alpha value is -3.45. The first-order valence-electron chi connectivity index (χ1n) is 10.3. The molecule has 0 aromatic carbocycles. The third-order valence-electron chi connectivity index (χ3n) is 5.73. The van der Waals surface area contributed by atoms with E-state index < -0.39 is 0 Å². The quantitative estimate of drug-likeness (QED) is 0.622. The number of hydrogen-bond donors (Lipinski definition) is 0. The predicted octanol–water partition coefficient (Wildman–Crippen LogP) is 2.93. The van der Waals surface area contributed by atoms with E-state index in [1.165, 1.54) is 6.20 Å². The second-order valence-corrected chi connectivity index (χ2v) is 7.81. The van der Waals surface area contributed by atoms with Crippen molar-refractivity contribution in [2.45, 2.75) is 31.8 Å². The predicted molar refractivity (Wildman–Crippen MR) is 106 cm³/mol. The van der Waals surface area contributed by atoms with Gasteiger partial charge in [0.1, 0.15) is 17.8 Å². The van der Waals surface area contributed by atoms with E-state index in [1.807, 2.05) is 6.07 Å². The standard InChI is InChI=1S/C21H21N5O5/c22-11-16-15-10-18(30-17(15)1-5-23-16)20-24-19(25-31-20)9-13-2-6-26(7-3-13)21(27)29-14-4-8-28-12-14/h1,5,10,13-14H,2-4,6-9,12H2/t14-/m0/s1. The number of piperidine rings is 1. The van der Waals surface area contributed by atoms with Crippen molar-refractivity contribution in [2.75, 3.05) is 26.3 Å². The molecule has 10 nitrogen and oxygen atoms in total. The molecule has 3 aromatic heterocycles. The fourth-order valence-electron chi connectivity index (χ4n) is 4.00. The van der Waals surface area contributed by atoms with E-state index in [-0.39, 0.29) is 23.8 Å². The van der Waals surface area contributed by atoms with E-state index in [0.717, 1.165) is 19.3 Å². The first-order valence-corrected chi connectivity index (χ1v) is 10.3. The molecule has 0 N–H and O–H groups in total. The van der Waals surface area contributed by atoms with E-state index in [0.29, 0.717) is 61.2 Å². The molecule has 5 heterocycles. The van der Waals surface area contributed by atoms with Crippen LogP contribution in [0.4, 0.5) is 4.79 Å². The highest BCUT2D eigenvalue weighted by Crippen LogP contribution is 2.29. The Morgan fingerprint density at radius 1 is 1.32 bits per heavy atom. The second-order valence-electron chi connectivity index (χ2n) is 7.81. The van der Waals surface area contributed by atoms with Gasteiger partial charge < -0.3 is 23.3 Å². The summed E-state index contributed by atoms with van der Waals surface area (Å²) in [7, 11) is 0. The summed E-state index contributed by atoms with van der Waals surface area (Å²) in [5.41, 5.74) is 0.836. The second kappa shape index (κ2) is 8.35. The van der Waals surface area contributed by atoms with Crippen molar-refractivity contribution in [1.82, 2.24) is 20.0 Å². The number of carbonyl (C=O) groups excluding carboxylic acids is 1. The molecule has 0 unspecified atom stereocenters. The summed E-state index contributed by atoms with van der Waals surface area (Å²) in [5, 5.41) is 13.9. The number of rotatable bonds is 4. The van der Waals surface area contributed by atoms with Crippen molar-refractivity contribution in [3.05, 3.63) is 29.8 Å². The summed E-state index contributed by atoms with van der Waals surface area (Å²) >= 11 is 0. The van der Waals surface area contributed by atoms with Gasteiger partial charge in [-0.25, -0.2) is 9.78 Å². The highest BCUT2D eigenvalue weighted by Gasteiger charge is 2.28. The minimum absolute atomic E-state index is 0.124. The van der Waals surface area contributed by atoms with E-state index in [9.17, 15) is 10.1 Å². The lowest BCUT2D eigenvalue weighted by molar-refractivity contribution is 0.0462. The van der Waals surface area contributed by atoms with Crippen LogP contribution in [0, 0.1) is 17.2 Å². The Morgan fingerprint density at radius 2 is 2.19 bits per heavy atom. The fourth-order valence-corrected chi connectivity index (χ4v) is 4.00. The van der Waals surface area contributed by atoms with Gasteiger partial charge in [-0.15, -0.1) is 0 Å². The van der Waals surface area contributed by atoms with Crippen LogP contribution in [-0.2, 0) is 15.9 Å². The monoisotopic (exact) mass is 423 g/mol. The van der Waals surface area contributed by atoms with Crippen molar-refractivity contribution in [3.63, 3.8) is 0 Å². The van der Waals surface area contributed by atoms with Gasteiger partial charge in [-0.1, -0.05) is 5.16 Å². The first kappa shape index (κ1) is 19.5. The number of nitrogens with zero attached hydrogens (tertiary/aromatic N) is 5. The van der Waals surface area contributed by atoms with Crippen LogP contribution in [-0.4, -0.2) is 58.5 Å². The molecule has 0 bridgehead atoms. The van der Waals surface area contributed by atoms with Crippen LogP contribution in [0.3, 0.4) is 0 Å². The third kappa shape index (κ3) is 4.09. The lowest BCUT2D eigenvalue weighted by Crippen LogP contribution is -2.40. The van der Waals surface area contributed by atoms with E-state index >= 15 is 0 Å². The van der Waals surface area contributed by atoms with Gasteiger partial charge in [0.2, 0.25) is 0 Å². The first-order chi connectivity index (χ1) is 15.2. The topological polar surface area (TPSA) is 128 Å². The molecule has 1 amide bonds. The molecular weight excluding hydrogens is 402 g/mol. The molecule has 2 saturated heterocycles. The van der Waals surface area contributed by atoms with Gasteiger partial charge in [0.15, 0.2) is 17.3 Å². The number of ether oxygens (including phenoxy) is 2. The van der Waals surface area contributed by atoms with Crippen LogP contribution >= 0.6 is 0 Å². The van der Waals surface area contributed by atoms with Crippen LogP contribution in [0.25, 0.3) is 22.6 Å². The number of carbonyl (C=O) groups is 1. The maximum atomic E-state index is 12.3. The molecule has 2 aliphatic heterocycles. The number of nitriles is 1. The average molecular weight is 423 g/mol. The van der Waals surface area contributed by atoms with Gasteiger partial charge in [-0.3, -0.25) is 0 Å².